The molecule has 0 aromatic heterocycles. The standard InChI is InChI=1S/C16H25NO2/c1-15(2,3)11-17(5)12-16(4,14(18)19)13-9-7-6-8-10-13/h6-10H,11-12H2,1-5H3,(H,18,19). The second kappa shape index (κ2) is 5.74. The summed E-state index contributed by atoms with van der Waals surface area (Å²) in [6, 6.07) is 9.46. The summed E-state index contributed by atoms with van der Waals surface area (Å²) in [5.74, 6) is -0.778. The molecule has 1 N–H and O–H groups in total. The molecular formula is C16H25NO2. The number of nitrogens with zero attached hydrogens (tertiary/aromatic N) is 1. The molecule has 0 bridgehead atoms. The average molecular weight is 263 g/mol. The van der Waals surface area contributed by atoms with Crippen LogP contribution in [0.1, 0.15) is 33.3 Å². The number of aliphatic carboxylic acids is 1. The summed E-state index contributed by atoms with van der Waals surface area (Å²) in [6.07, 6.45) is 0. The van der Waals surface area contributed by atoms with E-state index in [1.165, 1.54) is 0 Å². The van der Waals surface area contributed by atoms with Gasteiger partial charge in [-0.3, -0.25) is 4.79 Å². The summed E-state index contributed by atoms with van der Waals surface area (Å²) in [6.45, 7) is 9.63. The Morgan fingerprint density at radius 1 is 1.11 bits per heavy atom. The number of carboxylic acids is 1. The van der Waals surface area contributed by atoms with E-state index in [4.69, 9.17) is 0 Å². The van der Waals surface area contributed by atoms with Crippen LogP contribution in [0.3, 0.4) is 0 Å². The van der Waals surface area contributed by atoms with Gasteiger partial charge < -0.3 is 10.0 Å². The minimum absolute atomic E-state index is 0.158. The zero-order valence-corrected chi connectivity index (χ0v) is 12.6. The molecule has 0 amide bonds. The van der Waals surface area contributed by atoms with Gasteiger partial charge in [0.1, 0.15) is 5.41 Å². The highest BCUT2D eigenvalue weighted by Crippen LogP contribution is 2.26. The average Bonchev–Trinajstić information content (AvgIpc) is 2.27. The van der Waals surface area contributed by atoms with Crippen LogP contribution in [-0.4, -0.2) is 36.1 Å². The maximum absolute atomic E-state index is 11.7. The van der Waals surface area contributed by atoms with Gasteiger partial charge in [-0.25, -0.2) is 0 Å². The first-order valence-corrected chi connectivity index (χ1v) is 6.63. The van der Waals surface area contributed by atoms with Gasteiger partial charge in [0, 0.05) is 13.1 Å². The van der Waals surface area contributed by atoms with Crippen molar-refractivity contribution in [3.8, 4) is 0 Å². The van der Waals surface area contributed by atoms with Crippen LogP contribution in [0, 0.1) is 5.41 Å². The first-order valence-electron chi connectivity index (χ1n) is 6.63. The Labute approximate surface area is 116 Å². The topological polar surface area (TPSA) is 40.5 Å². The van der Waals surface area contributed by atoms with E-state index in [1.54, 1.807) is 6.92 Å². The molecule has 0 spiro atoms. The molecule has 106 valence electrons. The second-order valence-corrected chi connectivity index (χ2v) is 6.74. The predicted molar refractivity (Wildman–Crippen MR) is 78.4 cm³/mol. The van der Waals surface area contributed by atoms with Crippen molar-refractivity contribution in [3.63, 3.8) is 0 Å². The predicted octanol–water partition coefficient (Wildman–Crippen LogP) is 3.01. The van der Waals surface area contributed by atoms with Crippen LogP contribution in [0.15, 0.2) is 30.3 Å². The molecule has 1 rings (SSSR count). The summed E-state index contributed by atoms with van der Waals surface area (Å²) in [5.41, 5.74) is 0.134. The van der Waals surface area contributed by atoms with E-state index in [2.05, 4.69) is 25.7 Å². The molecule has 0 saturated heterocycles. The molecule has 0 saturated carbocycles. The van der Waals surface area contributed by atoms with E-state index in [0.29, 0.717) is 6.54 Å². The van der Waals surface area contributed by atoms with Crippen molar-refractivity contribution in [2.24, 2.45) is 5.41 Å². The largest absolute Gasteiger partial charge is 0.481 e. The highest BCUT2D eigenvalue weighted by Gasteiger charge is 2.36. The zero-order chi connectivity index (χ0) is 14.7. The number of carbonyl (C=O) groups is 1. The van der Waals surface area contributed by atoms with E-state index < -0.39 is 11.4 Å². The quantitative estimate of drug-likeness (QED) is 0.887. The van der Waals surface area contributed by atoms with E-state index >= 15 is 0 Å². The first kappa shape index (κ1) is 15.7. The van der Waals surface area contributed by atoms with Gasteiger partial charge in [0.05, 0.1) is 0 Å². The molecule has 3 nitrogen and oxygen atoms in total. The van der Waals surface area contributed by atoms with Gasteiger partial charge in [-0.2, -0.15) is 0 Å². The molecule has 1 atom stereocenters. The van der Waals surface area contributed by atoms with Crippen molar-refractivity contribution in [1.29, 1.82) is 0 Å². The molecule has 1 unspecified atom stereocenters. The lowest BCUT2D eigenvalue weighted by Gasteiger charge is -2.34. The monoisotopic (exact) mass is 263 g/mol. The van der Waals surface area contributed by atoms with Crippen LogP contribution >= 0.6 is 0 Å². The smallest absolute Gasteiger partial charge is 0.315 e. The molecule has 0 radical (unpaired) electrons. The van der Waals surface area contributed by atoms with E-state index in [-0.39, 0.29) is 5.41 Å². The Morgan fingerprint density at radius 3 is 2.05 bits per heavy atom. The van der Waals surface area contributed by atoms with Crippen LogP contribution in [-0.2, 0) is 10.2 Å². The molecule has 0 aliphatic carbocycles. The Morgan fingerprint density at radius 2 is 1.63 bits per heavy atom. The molecule has 0 aliphatic heterocycles. The second-order valence-electron chi connectivity index (χ2n) is 6.74. The van der Waals surface area contributed by atoms with Gasteiger partial charge in [-0.15, -0.1) is 0 Å². The summed E-state index contributed by atoms with van der Waals surface area (Å²) >= 11 is 0. The number of hydrogen-bond acceptors (Lipinski definition) is 2. The van der Waals surface area contributed by atoms with Crippen molar-refractivity contribution < 1.29 is 9.90 Å². The lowest BCUT2D eigenvalue weighted by atomic mass is 9.81. The van der Waals surface area contributed by atoms with Gasteiger partial charge in [-0.1, -0.05) is 51.1 Å². The summed E-state index contributed by atoms with van der Waals surface area (Å²) in [4.78, 5) is 13.8. The third kappa shape index (κ3) is 4.35. The number of rotatable bonds is 5. The minimum Gasteiger partial charge on any atom is -0.481 e. The van der Waals surface area contributed by atoms with E-state index in [9.17, 15) is 9.90 Å². The van der Waals surface area contributed by atoms with E-state index in [1.807, 2.05) is 37.4 Å². The Hall–Kier alpha value is -1.35. The normalized spacial score (nSPS) is 15.3. The number of benzene rings is 1. The first-order chi connectivity index (χ1) is 8.65. The number of hydrogen-bond donors (Lipinski definition) is 1. The number of likely N-dealkylation sites (N-methyl/N-ethyl adjacent to an activating group) is 1. The van der Waals surface area contributed by atoms with Crippen LogP contribution in [0.25, 0.3) is 0 Å². The van der Waals surface area contributed by atoms with Gasteiger partial charge in [0.25, 0.3) is 0 Å². The lowest BCUT2D eigenvalue weighted by molar-refractivity contribution is -0.144. The van der Waals surface area contributed by atoms with Crippen LogP contribution in [0.5, 0.6) is 0 Å². The molecular weight excluding hydrogens is 238 g/mol. The SMILES string of the molecule is CN(CC(C)(C)C)CC(C)(C(=O)O)c1ccccc1. The van der Waals surface area contributed by atoms with Gasteiger partial charge in [-0.05, 0) is 24.9 Å². The van der Waals surface area contributed by atoms with Crippen molar-refractivity contribution >= 4 is 5.97 Å². The molecule has 19 heavy (non-hydrogen) atoms. The highest BCUT2D eigenvalue weighted by molar-refractivity contribution is 5.81. The lowest BCUT2D eigenvalue weighted by Crippen LogP contribution is -2.45. The Kier molecular flexibility index (Phi) is 4.75. The molecule has 0 fully saturated rings. The summed E-state index contributed by atoms with van der Waals surface area (Å²) < 4.78 is 0. The maximum Gasteiger partial charge on any atom is 0.315 e. The van der Waals surface area contributed by atoms with Crippen LogP contribution in [0.2, 0.25) is 0 Å². The van der Waals surface area contributed by atoms with Gasteiger partial charge in [0.2, 0.25) is 0 Å². The van der Waals surface area contributed by atoms with Crippen molar-refractivity contribution in [3.05, 3.63) is 35.9 Å². The van der Waals surface area contributed by atoms with Gasteiger partial charge in [0.15, 0.2) is 0 Å². The minimum atomic E-state index is -0.874. The van der Waals surface area contributed by atoms with E-state index in [0.717, 1.165) is 12.1 Å². The summed E-state index contributed by atoms with van der Waals surface area (Å²) in [5, 5.41) is 9.61. The van der Waals surface area contributed by atoms with Crippen molar-refractivity contribution in [1.82, 2.24) is 4.90 Å². The third-order valence-electron chi connectivity index (χ3n) is 3.21. The zero-order valence-electron chi connectivity index (χ0n) is 12.6. The number of carboxylic acid groups (broad SMARTS) is 1. The van der Waals surface area contributed by atoms with Crippen molar-refractivity contribution in [2.75, 3.05) is 20.1 Å². The maximum atomic E-state index is 11.7. The molecule has 0 heterocycles. The van der Waals surface area contributed by atoms with Crippen molar-refractivity contribution in [2.45, 2.75) is 33.1 Å². The Balaban J connectivity index is 2.93. The summed E-state index contributed by atoms with van der Waals surface area (Å²) in [7, 11) is 1.98. The molecule has 1 aromatic carbocycles. The Bertz CT molecular complexity index is 422. The van der Waals surface area contributed by atoms with Crippen LogP contribution in [0.4, 0.5) is 0 Å². The fraction of sp³-hybridized carbons (Fsp3) is 0.562. The fourth-order valence-corrected chi connectivity index (χ4v) is 2.49. The molecule has 0 aliphatic rings. The highest BCUT2D eigenvalue weighted by atomic mass is 16.4. The fourth-order valence-electron chi connectivity index (χ4n) is 2.49. The van der Waals surface area contributed by atoms with Gasteiger partial charge >= 0.3 is 5.97 Å². The molecule has 3 heteroatoms. The van der Waals surface area contributed by atoms with Crippen LogP contribution < -0.4 is 0 Å². The third-order valence-corrected chi connectivity index (χ3v) is 3.21. The molecule has 1 aromatic rings.